The molecule has 7 heteroatoms. The van der Waals surface area contributed by atoms with E-state index in [0.29, 0.717) is 13.1 Å². The molecule has 0 saturated heterocycles. The highest BCUT2D eigenvalue weighted by Crippen LogP contribution is 1.97. The first-order valence-electron chi connectivity index (χ1n) is 8.54. The zero-order valence-corrected chi connectivity index (χ0v) is 16.5. The van der Waals surface area contributed by atoms with Crippen LogP contribution < -0.4 is 22.1 Å². The molecule has 0 heterocycles. The van der Waals surface area contributed by atoms with E-state index in [1.807, 2.05) is 60.7 Å². The van der Waals surface area contributed by atoms with E-state index in [9.17, 15) is 9.59 Å². The van der Waals surface area contributed by atoms with E-state index in [1.54, 1.807) is 13.8 Å². The van der Waals surface area contributed by atoms with E-state index in [2.05, 4.69) is 10.6 Å². The zero-order valence-electron chi connectivity index (χ0n) is 15.7. The van der Waals surface area contributed by atoms with Crippen molar-refractivity contribution in [2.24, 2.45) is 11.5 Å². The van der Waals surface area contributed by atoms with Crippen LogP contribution in [-0.4, -0.2) is 23.9 Å². The van der Waals surface area contributed by atoms with Crippen LogP contribution in [0.25, 0.3) is 0 Å². The van der Waals surface area contributed by atoms with E-state index in [1.165, 1.54) is 0 Å². The fraction of sp³-hybridized carbons (Fsp3) is 0.300. The molecule has 6 nitrogen and oxygen atoms in total. The monoisotopic (exact) mass is 392 g/mol. The summed E-state index contributed by atoms with van der Waals surface area (Å²) < 4.78 is 0. The largest absolute Gasteiger partial charge is 0.351 e. The van der Waals surface area contributed by atoms with Gasteiger partial charge in [0.05, 0.1) is 12.1 Å². The van der Waals surface area contributed by atoms with Crippen molar-refractivity contribution in [1.29, 1.82) is 0 Å². The molecule has 0 aliphatic carbocycles. The number of hydrogen-bond donors (Lipinski definition) is 4. The summed E-state index contributed by atoms with van der Waals surface area (Å²) in [6.07, 6.45) is 0. The summed E-state index contributed by atoms with van der Waals surface area (Å²) in [7, 11) is 0. The first kappa shape index (κ1) is 24.6. The third-order valence-corrected chi connectivity index (χ3v) is 3.45. The van der Waals surface area contributed by atoms with Crippen molar-refractivity contribution in [3.05, 3.63) is 71.8 Å². The lowest BCUT2D eigenvalue weighted by atomic mass is 10.2. The molecule has 0 aliphatic heterocycles. The molecule has 0 bridgehead atoms. The highest BCUT2D eigenvalue weighted by atomic mass is 35.5. The van der Waals surface area contributed by atoms with Crippen LogP contribution in [-0.2, 0) is 22.7 Å². The minimum atomic E-state index is -0.441. The SMILES string of the molecule is CC(N)C(=O)NCc1ccccc1.CC(N)C(=O)NCc1ccccc1.Cl. The third-order valence-electron chi connectivity index (χ3n) is 3.45. The standard InChI is InChI=1S/2C10H14N2O.ClH/c2*1-8(11)10(13)12-7-9-5-3-2-4-6-9;/h2*2-6,8H,7,11H2,1H3,(H,12,13);1H. The lowest BCUT2D eigenvalue weighted by molar-refractivity contribution is -0.122. The minimum absolute atomic E-state index is 0. The van der Waals surface area contributed by atoms with Crippen LogP contribution in [0.15, 0.2) is 60.7 Å². The number of nitrogens with two attached hydrogens (primary N) is 2. The second-order valence-electron chi connectivity index (χ2n) is 5.98. The highest BCUT2D eigenvalue weighted by molar-refractivity contribution is 5.85. The molecule has 148 valence electrons. The van der Waals surface area contributed by atoms with Crippen molar-refractivity contribution in [1.82, 2.24) is 10.6 Å². The maximum atomic E-state index is 11.1. The number of carbonyl (C=O) groups is 2. The quantitative estimate of drug-likeness (QED) is 0.599. The van der Waals surface area contributed by atoms with Crippen molar-refractivity contribution in [3.63, 3.8) is 0 Å². The summed E-state index contributed by atoms with van der Waals surface area (Å²) in [6, 6.07) is 18.6. The molecule has 2 aromatic rings. The van der Waals surface area contributed by atoms with Crippen molar-refractivity contribution in [2.45, 2.75) is 39.0 Å². The molecule has 2 unspecified atom stereocenters. The number of amides is 2. The summed E-state index contributed by atoms with van der Waals surface area (Å²) in [5, 5.41) is 5.47. The molecule has 0 aromatic heterocycles. The molecule has 0 radical (unpaired) electrons. The van der Waals surface area contributed by atoms with Gasteiger partial charge in [0, 0.05) is 13.1 Å². The Bertz CT molecular complexity index is 605. The van der Waals surface area contributed by atoms with Crippen LogP contribution in [0.2, 0.25) is 0 Å². The number of halogens is 1. The molecule has 27 heavy (non-hydrogen) atoms. The molecule has 2 amide bonds. The van der Waals surface area contributed by atoms with Gasteiger partial charge in [-0.05, 0) is 25.0 Å². The van der Waals surface area contributed by atoms with Gasteiger partial charge in [-0.25, -0.2) is 0 Å². The van der Waals surface area contributed by atoms with Crippen LogP contribution in [0.4, 0.5) is 0 Å². The van der Waals surface area contributed by atoms with Crippen LogP contribution in [0.1, 0.15) is 25.0 Å². The molecule has 2 rings (SSSR count). The van der Waals surface area contributed by atoms with E-state index < -0.39 is 12.1 Å². The normalized spacial score (nSPS) is 11.7. The van der Waals surface area contributed by atoms with Gasteiger partial charge in [0.1, 0.15) is 0 Å². The summed E-state index contributed by atoms with van der Waals surface area (Å²) in [5.74, 6) is -0.243. The summed E-state index contributed by atoms with van der Waals surface area (Å²) in [6.45, 7) is 4.42. The Labute approximate surface area is 167 Å². The Balaban J connectivity index is 0.000000483. The number of nitrogens with one attached hydrogen (secondary N) is 2. The van der Waals surface area contributed by atoms with Gasteiger partial charge in [0.25, 0.3) is 0 Å². The van der Waals surface area contributed by atoms with Crippen molar-refractivity contribution < 1.29 is 9.59 Å². The molecule has 0 spiro atoms. The van der Waals surface area contributed by atoms with Gasteiger partial charge in [0.2, 0.25) is 11.8 Å². The number of rotatable bonds is 6. The van der Waals surface area contributed by atoms with E-state index in [-0.39, 0.29) is 24.2 Å². The predicted molar refractivity (Wildman–Crippen MR) is 111 cm³/mol. The Morgan fingerprint density at radius 3 is 1.30 bits per heavy atom. The maximum absolute atomic E-state index is 11.1. The topological polar surface area (TPSA) is 110 Å². The molecule has 0 saturated carbocycles. The first-order valence-corrected chi connectivity index (χ1v) is 8.54. The average molecular weight is 393 g/mol. The lowest BCUT2D eigenvalue weighted by Crippen LogP contribution is -2.37. The Hall–Kier alpha value is -2.41. The van der Waals surface area contributed by atoms with E-state index >= 15 is 0 Å². The van der Waals surface area contributed by atoms with Gasteiger partial charge in [0.15, 0.2) is 0 Å². The highest BCUT2D eigenvalue weighted by Gasteiger charge is 2.06. The number of carbonyl (C=O) groups excluding carboxylic acids is 2. The molecule has 0 aliphatic rings. The molecular weight excluding hydrogens is 364 g/mol. The molecular formula is C20H29ClN4O2. The number of hydrogen-bond acceptors (Lipinski definition) is 4. The fourth-order valence-corrected chi connectivity index (χ4v) is 1.89. The molecule has 2 aromatic carbocycles. The minimum Gasteiger partial charge on any atom is -0.351 e. The van der Waals surface area contributed by atoms with Gasteiger partial charge in [-0.3, -0.25) is 9.59 Å². The van der Waals surface area contributed by atoms with E-state index in [0.717, 1.165) is 11.1 Å². The lowest BCUT2D eigenvalue weighted by Gasteiger charge is -2.06. The van der Waals surface area contributed by atoms with Gasteiger partial charge in [-0.1, -0.05) is 60.7 Å². The molecule has 0 fully saturated rings. The van der Waals surface area contributed by atoms with Crippen molar-refractivity contribution >= 4 is 24.2 Å². The maximum Gasteiger partial charge on any atom is 0.236 e. The smallest absolute Gasteiger partial charge is 0.236 e. The molecule has 2 atom stereocenters. The number of benzene rings is 2. The van der Waals surface area contributed by atoms with Crippen LogP contribution in [0, 0.1) is 0 Å². The summed E-state index contributed by atoms with van der Waals surface area (Å²) >= 11 is 0. The zero-order chi connectivity index (χ0) is 19.4. The van der Waals surface area contributed by atoms with E-state index in [4.69, 9.17) is 11.5 Å². The van der Waals surface area contributed by atoms with Gasteiger partial charge in [-0.15, -0.1) is 12.4 Å². The van der Waals surface area contributed by atoms with Gasteiger partial charge in [-0.2, -0.15) is 0 Å². The Morgan fingerprint density at radius 1 is 0.741 bits per heavy atom. The second-order valence-corrected chi connectivity index (χ2v) is 5.98. The Morgan fingerprint density at radius 2 is 1.04 bits per heavy atom. The summed E-state index contributed by atoms with van der Waals surface area (Å²) in [5.41, 5.74) is 12.9. The van der Waals surface area contributed by atoms with Gasteiger partial charge < -0.3 is 22.1 Å². The second kappa shape index (κ2) is 13.7. The van der Waals surface area contributed by atoms with Crippen LogP contribution in [0.3, 0.4) is 0 Å². The summed E-state index contributed by atoms with van der Waals surface area (Å²) in [4.78, 5) is 22.2. The van der Waals surface area contributed by atoms with Crippen LogP contribution in [0.5, 0.6) is 0 Å². The van der Waals surface area contributed by atoms with Gasteiger partial charge >= 0.3 is 0 Å². The molecule has 6 N–H and O–H groups in total. The third kappa shape index (κ3) is 11.0. The van der Waals surface area contributed by atoms with Crippen molar-refractivity contribution in [2.75, 3.05) is 0 Å². The Kier molecular flexibility index (Phi) is 12.5. The van der Waals surface area contributed by atoms with Crippen molar-refractivity contribution in [3.8, 4) is 0 Å². The average Bonchev–Trinajstić information content (AvgIpc) is 2.66. The van der Waals surface area contributed by atoms with Crippen LogP contribution >= 0.6 is 12.4 Å². The fourth-order valence-electron chi connectivity index (χ4n) is 1.89. The predicted octanol–water partition coefficient (Wildman–Crippen LogP) is 1.72. The first-order chi connectivity index (χ1) is 12.4.